The Morgan fingerprint density at radius 1 is 1.11 bits per heavy atom. The third-order valence-corrected chi connectivity index (χ3v) is 4.28. The highest BCUT2D eigenvalue weighted by Gasteiger charge is 2.20. The number of benzene rings is 1. The van der Waals surface area contributed by atoms with Gasteiger partial charge in [0.15, 0.2) is 4.90 Å². The van der Waals surface area contributed by atoms with Crippen molar-refractivity contribution in [3.63, 3.8) is 0 Å². The van der Waals surface area contributed by atoms with Crippen molar-refractivity contribution in [3.05, 3.63) is 56.9 Å². The fourth-order valence-electron chi connectivity index (χ4n) is 1.40. The summed E-state index contributed by atoms with van der Waals surface area (Å²) in [6.07, 6.45) is 2.43. The number of sulfonamides is 1. The Bertz CT molecular complexity index is 751. The predicted octanol–water partition coefficient (Wildman–Crippen LogP) is 2.48. The first-order valence-electron chi connectivity index (χ1n) is 5.06. The molecule has 0 fully saturated rings. The number of H-pyrrole nitrogens is 1. The van der Waals surface area contributed by atoms with Gasteiger partial charge in [0.25, 0.3) is 10.0 Å². The smallest absolute Gasteiger partial charge is 0.267 e. The molecule has 8 heteroatoms. The number of aromatic nitrogens is 1. The Kier molecular flexibility index (Phi) is 3.84. The molecule has 2 N–H and O–H groups in total. The van der Waals surface area contributed by atoms with Crippen LogP contribution < -0.4 is 10.2 Å². The molecule has 2 aromatic rings. The van der Waals surface area contributed by atoms with E-state index in [1.807, 2.05) is 0 Å². The molecular weight excluding hydrogens is 311 g/mol. The zero-order chi connectivity index (χ0) is 14.0. The van der Waals surface area contributed by atoms with E-state index < -0.39 is 20.3 Å². The molecule has 0 amide bonds. The summed E-state index contributed by atoms with van der Waals surface area (Å²) in [5.74, 6) is 0. The van der Waals surface area contributed by atoms with Crippen molar-refractivity contribution < 1.29 is 8.42 Å². The molecule has 0 unspecified atom stereocenters. The number of pyridine rings is 1. The van der Waals surface area contributed by atoms with Crippen molar-refractivity contribution in [3.8, 4) is 0 Å². The standard InChI is InChI=1S/C11H8Cl2N2O3S/c12-7-2-1-3-8(13)11(7)15-19(17,18)10-6-14-5-4-9(10)16/h1-6,15H,(H,14,16). The van der Waals surface area contributed by atoms with Crippen LogP contribution in [0, 0.1) is 0 Å². The Morgan fingerprint density at radius 3 is 2.32 bits per heavy atom. The maximum absolute atomic E-state index is 12.1. The molecule has 0 bridgehead atoms. The van der Waals surface area contributed by atoms with Gasteiger partial charge in [0.05, 0.1) is 15.7 Å². The van der Waals surface area contributed by atoms with Gasteiger partial charge in [-0.15, -0.1) is 0 Å². The lowest BCUT2D eigenvalue weighted by molar-refractivity contribution is 0.600. The van der Waals surface area contributed by atoms with Crippen LogP contribution in [0.15, 0.2) is 46.3 Å². The molecule has 0 atom stereocenters. The van der Waals surface area contributed by atoms with E-state index in [0.29, 0.717) is 0 Å². The minimum Gasteiger partial charge on any atom is -0.366 e. The van der Waals surface area contributed by atoms with Gasteiger partial charge in [-0.05, 0) is 12.1 Å². The number of hydrogen-bond donors (Lipinski definition) is 2. The highest BCUT2D eigenvalue weighted by Crippen LogP contribution is 2.31. The molecule has 1 heterocycles. The molecule has 0 saturated heterocycles. The van der Waals surface area contributed by atoms with Crippen LogP contribution in [0.1, 0.15) is 0 Å². The van der Waals surface area contributed by atoms with Crippen LogP contribution in [0.2, 0.25) is 10.0 Å². The summed E-state index contributed by atoms with van der Waals surface area (Å²) in [5.41, 5.74) is -0.594. The first kappa shape index (κ1) is 13.9. The summed E-state index contributed by atoms with van der Waals surface area (Å²) in [6, 6.07) is 5.67. The lowest BCUT2D eigenvalue weighted by Gasteiger charge is -2.10. The minimum atomic E-state index is -4.05. The second-order valence-electron chi connectivity index (χ2n) is 3.57. The van der Waals surface area contributed by atoms with E-state index in [1.54, 1.807) is 6.07 Å². The van der Waals surface area contributed by atoms with Crippen molar-refractivity contribution >= 4 is 38.9 Å². The Morgan fingerprint density at radius 2 is 1.74 bits per heavy atom. The van der Waals surface area contributed by atoms with E-state index in [9.17, 15) is 13.2 Å². The Labute approximate surface area is 119 Å². The lowest BCUT2D eigenvalue weighted by Crippen LogP contribution is -2.21. The molecule has 1 aromatic heterocycles. The number of rotatable bonds is 3. The van der Waals surface area contributed by atoms with E-state index >= 15 is 0 Å². The molecule has 1 aromatic carbocycles. The van der Waals surface area contributed by atoms with E-state index in [2.05, 4.69) is 9.71 Å². The Hall–Kier alpha value is -1.50. The van der Waals surface area contributed by atoms with Gasteiger partial charge in [-0.1, -0.05) is 29.3 Å². The van der Waals surface area contributed by atoms with Crippen molar-refractivity contribution in [1.82, 2.24) is 4.98 Å². The van der Waals surface area contributed by atoms with Crippen LogP contribution in [0.5, 0.6) is 0 Å². The van der Waals surface area contributed by atoms with Crippen molar-refractivity contribution in [2.75, 3.05) is 4.72 Å². The van der Waals surface area contributed by atoms with Gasteiger partial charge < -0.3 is 4.98 Å². The van der Waals surface area contributed by atoms with Crippen LogP contribution in [0.4, 0.5) is 5.69 Å². The zero-order valence-corrected chi connectivity index (χ0v) is 11.7. The highest BCUT2D eigenvalue weighted by atomic mass is 35.5. The Balaban J connectivity index is 2.49. The summed E-state index contributed by atoms with van der Waals surface area (Å²) in [7, 11) is -4.05. The molecule has 0 saturated carbocycles. The highest BCUT2D eigenvalue weighted by molar-refractivity contribution is 7.92. The molecule has 5 nitrogen and oxygen atoms in total. The van der Waals surface area contributed by atoms with Crippen molar-refractivity contribution in [2.24, 2.45) is 0 Å². The molecule has 2 rings (SSSR count). The largest absolute Gasteiger partial charge is 0.366 e. The average Bonchev–Trinajstić information content (AvgIpc) is 2.34. The van der Waals surface area contributed by atoms with Gasteiger partial charge in [-0.25, -0.2) is 8.42 Å². The molecule has 0 aliphatic heterocycles. The second-order valence-corrected chi connectivity index (χ2v) is 6.04. The zero-order valence-electron chi connectivity index (χ0n) is 9.35. The maximum Gasteiger partial charge on any atom is 0.267 e. The quantitative estimate of drug-likeness (QED) is 0.912. The van der Waals surface area contributed by atoms with Gasteiger partial charge >= 0.3 is 0 Å². The van der Waals surface area contributed by atoms with Gasteiger partial charge in [0.2, 0.25) is 5.43 Å². The van der Waals surface area contributed by atoms with Crippen LogP contribution in [-0.4, -0.2) is 13.4 Å². The first-order chi connectivity index (χ1) is 8.92. The molecule has 0 aliphatic carbocycles. The van der Waals surface area contributed by atoms with Gasteiger partial charge in [0.1, 0.15) is 0 Å². The van der Waals surface area contributed by atoms with Crippen molar-refractivity contribution in [2.45, 2.75) is 4.90 Å². The molecular formula is C11H8Cl2N2O3S. The summed E-state index contributed by atoms with van der Waals surface area (Å²) < 4.78 is 26.4. The fraction of sp³-hybridized carbons (Fsp3) is 0. The van der Waals surface area contributed by atoms with Crippen LogP contribution in [0.25, 0.3) is 0 Å². The van der Waals surface area contributed by atoms with Gasteiger partial charge in [0, 0.05) is 18.5 Å². The molecule has 0 aliphatic rings. The van der Waals surface area contributed by atoms with Gasteiger partial charge in [-0.2, -0.15) is 0 Å². The van der Waals surface area contributed by atoms with Crippen LogP contribution in [0.3, 0.4) is 0 Å². The molecule has 0 spiro atoms. The number of nitrogens with one attached hydrogen (secondary N) is 2. The van der Waals surface area contributed by atoms with Crippen LogP contribution in [-0.2, 0) is 10.0 Å². The third kappa shape index (κ3) is 2.91. The number of aromatic amines is 1. The average molecular weight is 319 g/mol. The number of anilines is 1. The lowest BCUT2D eigenvalue weighted by atomic mass is 10.3. The van der Waals surface area contributed by atoms with E-state index in [1.165, 1.54) is 18.3 Å². The molecule has 19 heavy (non-hydrogen) atoms. The number of para-hydroxylation sites is 1. The summed E-state index contributed by atoms with van der Waals surface area (Å²) >= 11 is 11.7. The molecule has 100 valence electrons. The van der Waals surface area contributed by atoms with E-state index in [-0.39, 0.29) is 15.7 Å². The predicted molar refractivity (Wildman–Crippen MR) is 74.3 cm³/mol. The second kappa shape index (κ2) is 5.24. The van der Waals surface area contributed by atoms with Crippen molar-refractivity contribution in [1.29, 1.82) is 0 Å². The fourth-order valence-corrected chi connectivity index (χ4v) is 3.15. The normalized spacial score (nSPS) is 11.3. The number of hydrogen-bond acceptors (Lipinski definition) is 3. The summed E-state index contributed by atoms with van der Waals surface area (Å²) in [4.78, 5) is 13.6. The molecule has 0 radical (unpaired) electrons. The monoisotopic (exact) mass is 318 g/mol. The minimum absolute atomic E-state index is 0.0362. The SMILES string of the molecule is O=c1cc[nH]cc1S(=O)(=O)Nc1c(Cl)cccc1Cl. The van der Waals surface area contributed by atoms with Crippen LogP contribution >= 0.6 is 23.2 Å². The maximum atomic E-state index is 12.1. The topological polar surface area (TPSA) is 79.0 Å². The number of halogens is 2. The third-order valence-electron chi connectivity index (χ3n) is 2.28. The van der Waals surface area contributed by atoms with E-state index in [4.69, 9.17) is 23.2 Å². The summed E-state index contributed by atoms with van der Waals surface area (Å²) in [6.45, 7) is 0. The summed E-state index contributed by atoms with van der Waals surface area (Å²) in [5, 5.41) is 0.284. The van der Waals surface area contributed by atoms with E-state index in [0.717, 1.165) is 12.3 Å². The first-order valence-corrected chi connectivity index (χ1v) is 7.29. The van der Waals surface area contributed by atoms with Gasteiger partial charge in [-0.3, -0.25) is 9.52 Å².